The zero-order valence-corrected chi connectivity index (χ0v) is 11.3. The third kappa shape index (κ3) is 10.9. The Labute approximate surface area is 113 Å². The zero-order chi connectivity index (χ0) is 14.7. The summed E-state index contributed by atoms with van der Waals surface area (Å²) >= 11 is 0. The van der Waals surface area contributed by atoms with Crippen molar-refractivity contribution < 1.29 is 22.5 Å². The summed E-state index contributed by atoms with van der Waals surface area (Å²) in [6.07, 6.45) is 2.47. The fourth-order valence-electron chi connectivity index (χ4n) is 0.930. The van der Waals surface area contributed by atoms with Gasteiger partial charge in [-0.15, -0.1) is 0 Å². The SMILES string of the molecule is C=CC(=O)OCC.O=S(=O)(O)C=Cc1ccccc1. The van der Waals surface area contributed by atoms with Gasteiger partial charge in [0.05, 0.1) is 12.0 Å². The van der Waals surface area contributed by atoms with Crippen LogP contribution >= 0.6 is 0 Å². The van der Waals surface area contributed by atoms with Gasteiger partial charge in [0.15, 0.2) is 0 Å². The molecule has 0 saturated carbocycles. The van der Waals surface area contributed by atoms with E-state index in [0.29, 0.717) is 6.61 Å². The number of hydrogen-bond acceptors (Lipinski definition) is 4. The van der Waals surface area contributed by atoms with Crippen LogP contribution in [0.3, 0.4) is 0 Å². The Balaban J connectivity index is 0.000000399. The molecule has 0 unspecified atom stereocenters. The van der Waals surface area contributed by atoms with Gasteiger partial charge < -0.3 is 4.74 Å². The van der Waals surface area contributed by atoms with Gasteiger partial charge in [0.25, 0.3) is 10.1 Å². The Bertz CT molecular complexity index is 517. The molecule has 0 aliphatic rings. The van der Waals surface area contributed by atoms with E-state index in [1.54, 1.807) is 31.2 Å². The van der Waals surface area contributed by atoms with Crippen LogP contribution in [0.2, 0.25) is 0 Å². The van der Waals surface area contributed by atoms with Crippen molar-refractivity contribution in [2.24, 2.45) is 0 Å². The number of ether oxygens (including phenoxy) is 1. The fraction of sp³-hybridized carbons (Fsp3) is 0.154. The Kier molecular flexibility index (Phi) is 8.15. The lowest BCUT2D eigenvalue weighted by molar-refractivity contribution is -0.137. The van der Waals surface area contributed by atoms with E-state index >= 15 is 0 Å². The summed E-state index contributed by atoms with van der Waals surface area (Å²) < 4.78 is 33.3. The lowest BCUT2D eigenvalue weighted by Gasteiger charge is -1.90. The molecule has 1 rings (SSSR count). The number of benzene rings is 1. The Hall–Kier alpha value is -1.92. The van der Waals surface area contributed by atoms with Crippen molar-refractivity contribution in [3.05, 3.63) is 54.0 Å². The maximum Gasteiger partial charge on any atom is 0.330 e. The summed E-state index contributed by atoms with van der Waals surface area (Å²) in [5.74, 6) is -0.359. The van der Waals surface area contributed by atoms with Gasteiger partial charge in [-0.3, -0.25) is 4.55 Å². The first-order chi connectivity index (χ1) is 8.89. The van der Waals surface area contributed by atoms with E-state index in [9.17, 15) is 13.2 Å². The van der Waals surface area contributed by atoms with Crippen LogP contribution in [-0.4, -0.2) is 25.5 Å². The van der Waals surface area contributed by atoms with Gasteiger partial charge in [0.2, 0.25) is 0 Å². The number of rotatable bonds is 4. The van der Waals surface area contributed by atoms with Crippen molar-refractivity contribution in [2.75, 3.05) is 6.61 Å². The van der Waals surface area contributed by atoms with E-state index in [4.69, 9.17) is 4.55 Å². The average molecular weight is 284 g/mol. The Morgan fingerprint density at radius 2 is 1.95 bits per heavy atom. The summed E-state index contributed by atoms with van der Waals surface area (Å²) in [5, 5.41) is 0.752. The molecule has 0 heterocycles. The van der Waals surface area contributed by atoms with Crippen LogP contribution in [0.25, 0.3) is 6.08 Å². The van der Waals surface area contributed by atoms with Crippen LogP contribution in [0.5, 0.6) is 0 Å². The highest BCUT2D eigenvalue weighted by Gasteiger charge is 1.94. The van der Waals surface area contributed by atoms with Crippen LogP contribution in [0, 0.1) is 0 Å². The highest BCUT2D eigenvalue weighted by molar-refractivity contribution is 7.88. The van der Waals surface area contributed by atoms with Crippen molar-refractivity contribution in [3.8, 4) is 0 Å². The van der Waals surface area contributed by atoms with E-state index in [1.807, 2.05) is 6.07 Å². The van der Waals surface area contributed by atoms with Crippen LogP contribution < -0.4 is 0 Å². The second kappa shape index (κ2) is 9.07. The molecule has 0 aliphatic heterocycles. The lowest BCUT2D eigenvalue weighted by Crippen LogP contribution is -1.97. The van der Waals surface area contributed by atoms with E-state index in [0.717, 1.165) is 17.0 Å². The number of esters is 1. The number of carbonyl (C=O) groups excluding carboxylic acids is 1. The Morgan fingerprint density at radius 1 is 1.37 bits per heavy atom. The monoisotopic (exact) mass is 284 g/mol. The summed E-state index contributed by atoms with van der Waals surface area (Å²) in [5.41, 5.74) is 0.732. The van der Waals surface area contributed by atoms with Crippen molar-refractivity contribution in [3.63, 3.8) is 0 Å². The topological polar surface area (TPSA) is 80.7 Å². The highest BCUT2D eigenvalue weighted by Crippen LogP contribution is 2.01. The maximum absolute atomic E-state index is 10.3. The zero-order valence-electron chi connectivity index (χ0n) is 10.5. The van der Waals surface area contributed by atoms with Gasteiger partial charge >= 0.3 is 5.97 Å². The minimum absolute atomic E-state index is 0.359. The van der Waals surface area contributed by atoms with Crippen molar-refractivity contribution in [1.29, 1.82) is 0 Å². The molecular weight excluding hydrogens is 268 g/mol. The molecule has 0 aromatic heterocycles. The molecule has 19 heavy (non-hydrogen) atoms. The van der Waals surface area contributed by atoms with Gasteiger partial charge in [0, 0.05) is 6.08 Å². The van der Waals surface area contributed by atoms with Crippen molar-refractivity contribution in [2.45, 2.75) is 6.92 Å². The quantitative estimate of drug-likeness (QED) is 0.521. The molecule has 0 bridgehead atoms. The second-order valence-corrected chi connectivity index (χ2v) is 4.49. The molecule has 1 aromatic rings. The average Bonchev–Trinajstić information content (AvgIpc) is 2.38. The summed E-state index contributed by atoms with van der Waals surface area (Å²) in [6.45, 7) is 5.38. The second-order valence-electron chi connectivity index (χ2n) is 3.18. The fourth-order valence-corrected chi connectivity index (χ4v) is 1.26. The third-order valence-corrected chi connectivity index (χ3v) is 2.17. The van der Waals surface area contributed by atoms with Crippen LogP contribution in [0.4, 0.5) is 0 Å². The minimum Gasteiger partial charge on any atom is -0.463 e. The van der Waals surface area contributed by atoms with E-state index in [1.165, 1.54) is 6.08 Å². The van der Waals surface area contributed by atoms with Gasteiger partial charge in [0.1, 0.15) is 0 Å². The van der Waals surface area contributed by atoms with Crippen LogP contribution in [0.1, 0.15) is 12.5 Å². The first kappa shape index (κ1) is 17.1. The lowest BCUT2D eigenvalue weighted by atomic mass is 10.2. The molecule has 0 spiro atoms. The van der Waals surface area contributed by atoms with Crippen LogP contribution in [-0.2, 0) is 19.6 Å². The Morgan fingerprint density at radius 3 is 2.32 bits per heavy atom. The molecule has 0 amide bonds. The molecule has 0 saturated heterocycles. The predicted octanol–water partition coefficient (Wildman–Crippen LogP) is 2.28. The first-order valence-corrected chi connectivity index (χ1v) is 6.89. The van der Waals surface area contributed by atoms with Crippen LogP contribution in [0.15, 0.2) is 48.4 Å². The highest BCUT2D eigenvalue weighted by atomic mass is 32.2. The van der Waals surface area contributed by atoms with E-state index in [2.05, 4.69) is 11.3 Å². The summed E-state index contributed by atoms with van der Waals surface area (Å²) in [4.78, 5) is 10.1. The number of hydrogen-bond donors (Lipinski definition) is 1. The molecular formula is C13H16O5S. The van der Waals surface area contributed by atoms with Crippen molar-refractivity contribution >= 4 is 22.2 Å². The minimum atomic E-state index is -4.00. The molecule has 104 valence electrons. The molecule has 0 atom stereocenters. The molecule has 6 heteroatoms. The van der Waals surface area contributed by atoms with Gasteiger partial charge in [-0.05, 0) is 18.6 Å². The molecule has 0 fully saturated rings. The predicted molar refractivity (Wildman–Crippen MR) is 73.9 cm³/mol. The molecule has 1 N–H and O–H groups in total. The van der Waals surface area contributed by atoms with E-state index in [-0.39, 0.29) is 5.97 Å². The molecule has 0 radical (unpaired) electrons. The molecule has 1 aromatic carbocycles. The number of carbonyl (C=O) groups is 1. The summed E-state index contributed by atoms with van der Waals surface area (Å²) in [7, 11) is -4.00. The van der Waals surface area contributed by atoms with E-state index < -0.39 is 10.1 Å². The van der Waals surface area contributed by atoms with Crippen molar-refractivity contribution in [1.82, 2.24) is 0 Å². The van der Waals surface area contributed by atoms with Gasteiger partial charge in [-0.25, -0.2) is 4.79 Å². The molecule has 0 aliphatic carbocycles. The standard InChI is InChI=1S/C8H8O3S.C5H8O2/c9-12(10,11)7-6-8-4-2-1-3-5-8;1-3-5(6)7-4-2/h1-7H,(H,9,10,11);3H,1,4H2,2H3. The summed E-state index contributed by atoms with van der Waals surface area (Å²) in [6, 6.07) is 8.86. The normalized spacial score (nSPS) is 10.4. The largest absolute Gasteiger partial charge is 0.463 e. The smallest absolute Gasteiger partial charge is 0.330 e. The maximum atomic E-state index is 10.3. The van der Waals surface area contributed by atoms with Gasteiger partial charge in [-0.1, -0.05) is 36.9 Å². The molecule has 5 nitrogen and oxygen atoms in total. The van der Waals surface area contributed by atoms with Gasteiger partial charge in [-0.2, -0.15) is 8.42 Å². The third-order valence-electron chi connectivity index (χ3n) is 1.69. The first-order valence-electron chi connectivity index (χ1n) is 5.39.